The van der Waals surface area contributed by atoms with Gasteiger partial charge in [0.1, 0.15) is 5.25 Å². The van der Waals surface area contributed by atoms with Crippen LogP contribution in [0.15, 0.2) is 41.6 Å². The Hall–Kier alpha value is -2.41. The summed E-state index contributed by atoms with van der Waals surface area (Å²) in [5.41, 5.74) is 2.82. The minimum atomic E-state index is -0.374. The van der Waals surface area contributed by atoms with E-state index in [1.807, 2.05) is 50.2 Å². The third-order valence-electron chi connectivity index (χ3n) is 4.09. The summed E-state index contributed by atoms with van der Waals surface area (Å²) in [5, 5.41) is 7.79. The lowest BCUT2D eigenvalue weighted by Crippen LogP contribution is -2.29. The molecule has 0 radical (unpaired) electrons. The molecule has 0 spiro atoms. The molecule has 4 rings (SSSR count). The number of nitrogens with zero attached hydrogens (tertiary/aromatic N) is 4. The van der Waals surface area contributed by atoms with Crippen molar-refractivity contribution in [3.8, 4) is 0 Å². The van der Waals surface area contributed by atoms with E-state index in [0.29, 0.717) is 17.0 Å². The Morgan fingerprint density at radius 1 is 1.24 bits per heavy atom. The highest BCUT2D eigenvalue weighted by atomic mass is 32.2. The number of thioether (sulfide) groups is 1. The first-order valence-electron chi connectivity index (χ1n) is 8.33. The van der Waals surface area contributed by atoms with Gasteiger partial charge in [-0.15, -0.1) is 5.10 Å². The molecule has 1 saturated carbocycles. The Balaban J connectivity index is 1.65. The van der Waals surface area contributed by atoms with E-state index in [-0.39, 0.29) is 11.2 Å². The first-order chi connectivity index (χ1) is 12.1. The minimum Gasteiger partial charge on any atom is -0.352 e. The molecule has 1 N–H and O–H groups in total. The van der Waals surface area contributed by atoms with Crippen LogP contribution in [0.25, 0.3) is 5.78 Å². The number of carbonyl (C=O) groups is 1. The predicted molar refractivity (Wildman–Crippen MR) is 96.5 cm³/mol. The Kier molecular flexibility index (Phi) is 4.17. The Morgan fingerprint density at radius 2 is 2.00 bits per heavy atom. The minimum absolute atomic E-state index is 0.0124. The summed E-state index contributed by atoms with van der Waals surface area (Å²) in [6.45, 7) is 3.91. The van der Waals surface area contributed by atoms with Gasteiger partial charge >= 0.3 is 0 Å². The number of aryl methyl sites for hydroxylation is 2. The third kappa shape index (κ3) is 3.51. The number of nitrogens with one attached hydrogen (secondary N) is 1. The van der Waals surface area contributed by atoms with E-state index in [0.717, 1.165) is 29.8 Å². The van der Waals surface area contributed by atoms with E-state index in [1.54, 1.807) is 4.52 Å². The van der Waals surface area contributed by atoms with Crippen LogP contribution in [0.3, 0.4) is 0 Å². The summed E-state index contributed by atoms with van der Waals surface area (Å²) >= 11 is 1.36. The van der Waals surface area contributed by atoms with Crippen molar-refractivity contribution in [1.82, 2.24) is 24.9 Å². The van der Waals surface area contributed by atoms with Crippen LogP contribution < -0.4 is 5.32 Å². The number of aromatic nitrogens is 4. The zero-order chi connectivity index (χ0) is 17.4. The van der Waals surface area contributed by atoms with Crippen LogP contribution in [0.1, 0.15) is 35.0 Å². The van der Waals surface area contributed by atoms with Crippen molar-refractivity contribution >= 4 is 23.4 Å². The monoisotopic (exact) mass is 353 g/mol. The maximum Gasteiger partial charge on any atom is 0.253 e. The van der Waals surface area contributed by atoms with Gasteiger partial charge in [-0.2, -0.15) is 4.98 Å². The summed E-state index contributed by atoms with van der Waals surface area (Å²) in [6.07, 6.45) is 2.12. The first kappa shape index (κ1) is 16.1. The number of hydrogen-bond donors (Lipinski definition) is 1. The lowest BCUT2D eigenvalue weighted by atomic mass is 10.1. The van der Waals surface area contributed by atoms with Gasteiger partial charge in [0.2, 0.25) is 11.1 Å². The van der Waals surface area contributed by atoms with E-state index in [9.17, 15) is 4.79 Å². The quantitative estimate of drug-likeness (QED) is 0.714. The summed E-state index contributed by atoms with van der Waals surface area (Å²) in [4.78, 5) is 21.6. The van der Waals surface area contributed by atoms with Gasteiger partial charge in [-0.1, -0.05) is 42.1 Å². The molecule has 7 heteroatoms. The Bertz CT molecular complexity index is 920. The summed E-state index contributed by atoms with van der Waals surface area (Å²) in [7, 11) is 0. The molecular weight excluding hydrogens is 334 g/mol. The second-order valence-electron chi connectivity index (χ2n) is 6.34. The van der Waals surface area contributed by atoms with Crippen LogP contribution in [0.2, 0.25) is 0 Å². The number of carbonyl (C=O) groups excluding carboxylic acids is 1. The zero-order valence-corrected chi connectivity index (χ0v) is 15.0. The molecule has 0 saturated heterocycles. The van der Waals surface area contributed by atoms with Gasteiger partial charge < -0.3 is 5.32 Å². The second kappa shape index (κ2) is 6.48. The molecule has 2 heterocycles. The summed E-state index contributed by atoms with van der Waals surface area (Å²) in [6, 6.07) is 12.0. The van der Waals surface area contributed by atoms with Crippen molar-refractivity contribution in [1.29, 1.82) is 0 Å². The fourth-order valence-electron chi connectivity index (χ4n) is 2.71. The smallest absolute Gasteiger partial charge is 0.253 e. The second-order valence-corrected chi connectivity index (χ2v) is 7.41. The maximum atomic E-state index is 12.7. The fraction of sp³-hybridized carbons (Fsp3) is 0.333. The molecule has 1 aliphatic rings. The molecule has 0 bridgehead atoms. The highest BCUT2D eigenvalue weighted by molar-refractivity contribution is 8.00. The standard InChI is InChI=1S/C18H19N5OS/c1-11-10-12(2)23-17(19-11)21-18(22-23)25-15(13-6-4-3-5-7-13)16(24)20-14-8-9-14/h3-7,10,14-15H,8-9H2,1-2H3,(H,20,24)/t15-/m0/s1. The maximum absolute atomic E-state index is 12.7. The van der Waals surface area contributed by atoms with Gasteiger partial charge in [0.05, 0.1) is 0 Å². The average molecular weight is 353 g/mol. The van der Waals surface area contributed by atoms with E-state index in [1.165, 1.54) is 11.8 Å². The van der Waals surface area contributed by atoms with E-state index in [2.05, 4.69) is 20.4 Å². The van der Waals surface area contributed by atoms with Gasteiger partial charge in [0.15, 0.2) is 0 Å². The normalized spacial score (nSPS) is 15.3. The van der Waals surface area contributed by atoms with Crippen LogP contribution in [-0.2, 0) is 4.79 Å². The highest BCUT2D eigenvalue weighted by Crippen LogP contribution is 2.35. The van der Waals surface area contributed by atoms with Gasteiger partial charge in [-0.3, -0.25) is 4.79 Å². The van der Waals surface area contributed by atoms with Gasteiger partial charge in [0.25, 0.3) is 5.78 Å². The number of fused-ring (bicyclic) bond motifs is 1. The fourth-order valence-corrected chi connectivity index (χ4v) is 3.65. The SMILES string of the molecule is Cc1cc(C)n2nc(S[C@H](C(=O)NC3CC3)c3ccccc3)nc2n1. The van der Waals surface area contributed by atoms with E-state index < -0.39 is 0 Å². The Morgan fingerprint density at radius 3 is 2.72 bits per heavy atom. The molecule has 0 aliphatic heterocycles. The van der Waals surface area contributed by atoms with Crippen LogP contribution in [0.5, 0.6) is 0 Å². The van der Waals surface area contributed by atoms with E-state index >= 15 is 0 Å². The van der Waals surface area contributed by atoms with Crippen LogP contribution in [0.4, 0.5) is 0 Å². The van der Waals surface area contributed by atoms with Crippen molar-refractivity contribution in [2.45, 2.75) is 43.1 Å². The molecule has 1 atom stereocenters. The average Bonchev–Trinajstić information content (AvgIpc) is 3.30. The molecule has 1 aromatic carbocycles. The van der Waals surface area contributed by atoms with Crippen LogP contribution in [-0.4, -0.2) is 31.5 Å². The summed E-state index contributed by atoms with van der Waals surface area (Å²) in [5.74, 6) is 0.577. The third-order valence-corrected chi connectivity index (χ3v) is 5.19. The summed E-state index contributed by atoms with van der Waals surface area (Å²) < 4.78 is 1.72. The topological polar surface area (TPSA) is 72.2 Å². The van der Waals surface area contributed by atoms with Gasteiger partial charge in [0, 0.05) is 17.4 Å². The van der Waals surface area contributed by atoms with Crippen molar-refractivity contribution in [3.63, 3.8) is 0 Å². The molecule has 25 heavy (non-hydrogen) atoms. The van der Waals surface area contributed by atoms with E-state index in [4.69, 9.17) is 0 Å². The van der Waals surface area contributed by atoms with Crippen molar-refractivity contribution in [2.24, 2.45) is 0 Å². The number of hydrogen-bond acceptors (Lipinski definition) is 5. The zero-order valence-electron chi connectivity index (χ0n) is 14.1. The lowest BCUT2D eigenvalue weighted by molar-refractivity contribution is -0.120. The van der Waals surface area contributed by atoms with Crippen LogP contribution in [0, 0.1) is 13.8 Å². The largest absolute Gasteiger partial charge is 0.352 e. The van der Waals surface area contributed by atoms with Crippen LogP contribution >= 0.6 is 11.8 Å². The van der Waals surface area contributed by atoms with Crippen molar-refractivity contribution in [3.05, 3.63) is 53.3 Å². The van der Waals surface area contributed by atoms with Crippen molar-refractivity contribution < 1.29 is 4.79 Å². The van der Waals surface area contributed by atoms with Gasteiger partial charge in [-0.05, 0) is 38.3 Å². The molecule has 1 fully saturated rings. The number of benzene rings is 1. The predicted octanol–water partition coefficient (Wildman–Crippen LogP) is 2.85. The van der Waals surface area contributed by atoms with Gasteiger partial charge in [-0.25, -0.2) is 9.50 Å². The Labute approximate surface area is 150 Å². The first-order valence-corrected chi connectivity index (χ1v) is 9.21. The molecule has 3 aromatic rings. The molecule has 2 aromatic heterocycles. The molecule has 128 valence electrons. The molecule has 6 nitrogen and oxygen atoms in total. The molecular formula is C18H19N5OS. The lowest BCUT2D eigenvalue weighted by Gasteiger charge is -2.15. The molecule has 1 amide bonds. The van der Waals surface area contributed by atoms with Crippen molar-refractivity contribution in [2.75, 3.05) is 0 Å². The molecule has 1 aliphatic carbocycles. The number of rotatable bonds is 5. The molecule has 0 unspecified atom stereocenters. The highest BCUT2D eigenvalue weighted by Gasteiger charge is 2.30. The number of amides is 1.